The Bertz CT molecular complexity index is 1440. The molecule has 0 spiro atoms. The van der Waals surface area contributed by atoms with E-state index in [9.17, 15) is 18.0 Å². The van der Waals surface area contributed by atoms with E-state index >= 15 is 0 Å². The molecular formula is C30H35Cl2N3O5S. The quantitative estimate of drug-likeness (QED) is 0.263. The van der Waals surface area contributed by atoms with Gasteiger partial charge < -0.3 is 15.0 Å². The first-order valence-corrected chi connectivity index (χ1v) is 15.8. The van der Waals surface area contributed by atoms with Crippen molar-refractivity contribution >= 4 is 50.7 Å². The highest BCUT2D eigenvalue weighted by atomic mass is 35.5. The average Bonchev–Trinajstić information content (AvgIpc) is 2.94. The molecule has 0 aliphatic heterocycles. The molecule has 0 saturated carbocycles. The van der Waals surface area contributed by atoms with Crippen LogP contribution in [0.5, 0.6) is 5.75 Å². The lowest BCUT2D eigenvalue weighted by atomic mass is 10.0. The molecule has 1 N–H and O–H groups in total. The average molecular weight is 621 g/mol. The van der Waals surface area contributed by atoms with E-state index < -0.39 is 16.1 Å². The molecule has 2 amide bonds. The number of sulfonamides is 1. The summed E-state index contributed by atoms with van der Waals surface area (Å²) in [5.41, 5.74) is 2.05. The lowest BCUT2D eigenvalue weighted by Crippen LogP contribution is -2.50. The molecule has 0 fully saturated rings. The largest absolute Gasteiger partial charge is 0.497 e. The molecule has 0 bridgehead atoms. The summed E-state index contributed by atoms with van der Waals surface area (Å²) in [4.78, 5) is 28.7. The molecule has 8 nitrogen and oxygen atoms in total. The summed E-state index contributed by atoms with van der Waals surface area (Å²) in [6.45, 7) is 2.42. The van der Waals surface area contributed by atoms with Crippen LogP contribution >= 0.6 is 23.2 Å². The van der Waals surface area contributed by atoms with Crippen LogP contribution in [0.25, 0.3) is 0 Å². The Hall–Kier alpha value is -3.27. The predicted octanol–water partition coefficient (Wildman–Crippen LogP) is 5.32. The molecule has 0 heterocycles. The second-order valence-corrected chi connectivity index (χ2v) is 12.2. The van der Waals surface area contributed by atoms with Crippen LogP contribution < -0.4 is 14.4 Å². The van der Waals surface area contributed by atoms with Gasteiger partial charge in [0.15, 0.2) is 0 Å². The SMILES string of the molecule is CCNC(=O)[C@@H](Cc1ccccc1)N(Cc1ccc(Cl)c(Cl)c1)C(=O)CCCN(c1cccc(OC)c1)S(C)(=O)=O. The predicted molar refractivity (Wildman–Crippen MR) is 164 cm³/mol. The maximum absolute atomic E-state index is 13.8. The molecular weight excluding hydrogens is 585 g/mol. The first-order valence-electron chi connectivity index (χ1n) is 13.2. The van der Waals surface area contributed by atoms with Crippen molar-refractivity contribution < 1.29 is 22.7 Å². The van der Waals surface area contributed by atoms with Gasteiger partial charge in [-0.2, -0.15) is 0 Å². The normalized spacial score (nSPS) is 11.9. The maximum atomic E-state index is 13.8. The Morgan fingerprint density at radius 1 is 0.951 bits per heavy atom. The van der Waals surface area contributed by atoms with Crippen molar-refractivity contribution in [2.75, 3.05) is 30.8 Å². The number of carbonyl (C=O) groups is 2. The van der Waals surface area contributed by atoms with Crippen LogP contribution in [0, 0.1) is 0 Å². The van der Waals surface area contributed by atoms with Gasteiger partial charge in [-0.3, -0.25) is 13.9 Å². The van der Waals surface area contributed by atoms with E-state index in [0.29, 0.717) is 40.0 Å². The van der Waals surface area contributed by atoms with E-state index in [1.54, 1.807) is 42.5 Å². The number of amides is 2. The molecule has 1 atom stereocenters. The number of likely N-dealkylation sites (N-methyl/N-ethyl adjacent to an activating group) is 1. The summed E-state index contributed by atoms with van der Waals surface area (Å²) in [5, 5.41) is 3.58. The zero-order valence-electron chi connectivity index (χ0n) is 23.3. The molecule has 0 aliphatic rings. The van der Waals surface area contributed by atoms with Crippen molar-refractivity contribution in [1.82, 2.24) is 10.2 Å². The van der Waals surface area contributed by atoms with Gasteiger partial charge >= 0.3 is 0 Å². The highest BCUT2D eigenvalue weighted by molar-refractivity contribution is 7.92. The van der Waals surface area contributed by atoms with Gasteiger partial charge in [-0.1, -0.05) is 65.7 Å². The van der Waals surface area contributed by atoms with Gasteiger partial charge in [0.2, 0.25) is 21.8 Å². The number of hydrogen-bond acceptors (Lipinski definition) is 5. The fraction of sp³-hybridized carbons (Fsp3) is 0.333. The molecule has 220 valence electrons. The van der Waals surface area contributed by atoms with Crippen LogP contribution in [0.1, 0.15) is 30.9 Å². The van der Waals surface area contributed by atoms with Gasteiger partial charge in [-0.05, 0) is 48.7 Å². The van der Waals surface area contributed by atoms with Crippen LogP contribution in [0.3, 0.4) is 0 Å². The van der Waals surface area contributed by atoms with Crippen LogP contribution in [0.15, 0.2) is 72.8 Å². The Kier molecular flexibility index (Phi) is 11.9. The lowest BCUT2D eigenvalue weighted by molar-refractivity contribution is -0.141. The summed E-state index contributed by atoms with van der Waals surface area (Å²) in [7, 11) is -2.13. The number of ether oxygens (including phenoxy) is 1. The third-order valence-corrected chi connectivity index (χ3v) is 8.39. The summed E-state index contributed by atoms with van der Waals surface area (Å²) >= 11 is 12.4. The summed E-state index contributed by atoms with van der Waals surface area (Å²) in [6, 6.07) is 20.5. The molecule has 11 heteroatoms. The van der Waals surface area contributed by atoms with Gasteiger partial charge in [0.25, 0.3) is 0 Å². The van der Waals surface area contributed by atoms with Gasteiger partial charge in [-0.25, -0.2) is 8.42 Å². The first-order chi connectivity index (χ1) is 19.5. The van der Waals surface area contributed by atoms with E-state index in [0.717, 1.165) is 11.8 Å². The summed E-state index contributed by atoms with van der Waals surface area (Å²) in [6.07, 6.45) is 1.67. The molecule has 0 unspecified atom stereocenters. The van der Waals surface area contributed by atoms with Crippen molar-refractivity contribution in [3.8, 4) is 5.75 Å². The third-order valence-electron chi connectivity index (χ3n) is 6.45. The van der Waals surface area contributed by atoms with Crippen molar-refractivity contribution in [1.29, 1.82) is 0 Å². The van der Waals surface area contributed by atoms with Crippen LogP contribution in [-0.2, 0) is 32.6 Å². The fourth-order valence-electron chi connectivity index (χ4n) is 4.45. The van der Waals surface area contributed by atoms with Crippen LogP contribution in [0.4, 0.5) is 5.69 Å². The highest BCUT2D eigenvalue weighted by Gasteiger charge is 2.30. The minimum Gasteiger partial charge on any atom is -0.497 e. The van der Waals surface area contributed by atoms with Gasteiger partial charge in [-0.15, -0.1) is 0 Å². The third kappa shape index (κ3) is 9.38. The monoisotopic (exact) mass is 619 g/mol. The van der Waals surface area contributed by atoms with E-state index in [4.69, 9.17) is 27.9 Å². The molecule has 41 heavy (non-hydrogen) atoms. The topological polar surface area (TPSA) is 96.0 Å². The van der Waals surface area contributed by atoms with Gasteiger partial charge in [0.1, 0.15) is 11.8 Å². The molecule has 3 aromatic rings. The Morgan fingerprint density at radius 2 is 1.68 bits per heavy atom. The maximum Gasteiger partial charge on any atom is 0.243 e. The molecule has 0 aromatic heterocycles. The smallest absolute Gasteiger partial charge is 0.243 e. The molecule has 0 aliphatic carbocycles. The molecule has 3 aromatic carbocycles. The number of methoxy groups -OCH3 is 1. The fourth-order valence-corrected chi connectivity index (χ4v) is 5.73. The number of nitrogens with zero attached hydrogens (tertiary/aromatic N) is 2. The number of halogens is 2. The number of benzene rings is 3. The van der Waals surface area contributed by atoms with E-state index in [2.05, 4.69) is 5.32 Å². The van der Waals surface area contributed by atoms with E-state index in [1.807, 2.05) is 37.3 Å². The molecule has 3 rings (SSSR count). The number of rotatable bonds is 14. The molecule has 0 saturated heterocycles. The second kappa shape index (κ2) is 15.1. The summed E-state index contributed by atoms with van der Waals surface area (Å²) < 4.78 is 31.7. The number of nitrogens with one attached hydrogen (secondary N) is 1. The zero-order chi connectivity index (χ0) is 30.0. The standard InChI is InChI=1S/C30H35Cl2N3O5S/c1-4-33-30(37)28(19-22-10-6-5-7-11-22)34(21-23-15-16-26(31)27(32)18-23)29(36)14-9-17-35(41(3,38)39)24-12-8-13-25(20-24)40-2/h5-8,10-13,15-16,18,20,28H,4,9,14,17,19,21H2,1-3H3,(H,33,37)/t28-/m1/s1. The van der Waals surface area contributed by atoms with Crippen molar-refractivity contribution in [2.45, 2.75) is 38.8 Å². The first kappa shape index (κ1) is 32.2. The van der Waals surface area contributed by atoms with Gasteiger partial charge in [0, 0.05) is 38.5 Å². The minimum absolute atomic E-state index is 0.0159. The number of carbonyl (C=O) groups excluding carboxylic acids is 2. The van der Waals surface area contributed by atoms with E-state index in [1.165, 1.54) is 16.3 Å². The number of anilines is 1. The minimum atomic E-state index is -3.63. The van der Waals surface area contributed by atoms with Crippen molar-refractivity contribution in [2.24, 2.45) is 0 Å². The van der Waals surface area contributed by atoms with Crippen molar-refractivity contribution in [3.63, 3.8) is 0 Å². The Labute approximate surface area is 252 Å². The summed E-state index contributed by atoms with van der Waals surface area (Å²) in [5.74, 6) is -0.0491. The zero-order valence-corrected chi connectivity index (χ0v) is 25.7. The van der Waals surface area contributed by atoms with Crippen molar-refractivity contribution in [3.05, 3.63) is 94.0 Å². The van der Waals surface area contributed by atoms with Crippen LogP contribution in [-0.4, -0.2) is 57.6 Å². The van der Waals surface area contributed by atoms with Crippen LogP contribution in [0.2, 0.25) is 10.0 Å². The Morgan fingerprint density at radius 3 is 2.32 bits per heavy atom. The Balaban J connectivity index is 1.88. The van der Waals surface area contributed by atoms with E-state index in [-0.39, 0.29) is 37.7 Å². The second-order valence-electron chi connectivity index (χ2n) is 9.51. The lowest BCUT2D eigenvalue weighted by Gasteiger charge is -2.32. The molecule has 0 radical (unpaired) electrons. The number of hydrogen-bond donors (Lipinski definition) is 1. The highest BCUT2D eigenvalue weighted by Crippen LogP contribution is 2.26. The van der Waals surface area contributed by atoms with Gasteiger partial charge in [0.05, 0.1) is 29.1 Å².